The molecule has 5 nitrogen and oxygen atoms in total. The molecule has 0 aromatic rings. The van der Waals surface area contributed by atoms with E-state index in [0.29, 0.717) is 17.8 Å². The Bertz CT molecular complexity index is 457. The molecule has 5 rings (SSSR count). The third-order valence-corrected chi connectivity index (χ3v) is 6.58. The van der Waals surface area contributed by atoms with Crippen molar-refractivity contribution in [3.05, 3.63) is 0 Å². The molecule has 4 saturated heterocycles. The molecule has 8 atom stereocenters. The zero-order valence-corrected chi connectivity index (χ0v) is 14.7. The minimum Gasteiger partial charge on any atom is -0.352 e. The second kappa shape index (κ2) is 5.67. The van der Waals surface area contributed by atoms with E-state index in [4.69, 9.17) is 24.0 Å². The standard InChI is InChI=1S/C18H30O5/c1-5-10-19-15-12(3)14-7-6-11(2)13-8-9-17(4)21-16(20-15)18(13,14)23-22-17/h11-16H,5-10H2,1-4H3. The minimum atomic E-state index is -0.701. The molecule has 1 saturated carbocycles. The van der Waals surface area contributed by atoms with Gasteiger partial charge in [-0.15, -0.1) is 0 Å². The molecule has 0 N–H and O–H groups in total. The van der Waals surface area contributed by atoms with Crippen LogP contribution in [-0.2, 0) is 24.0 Å². The first-order valence-corrected chi connectivity index (χ1v) is 9.32. The van der Waals surface area contributed by atoms with Gasteiger partial charge in [0.15, 0.2) is 18.2 Å². The highest BCUT2D eigenvalue weighted by atomic mass is 17.3. The van der Waals surface area contributed by atoms with Gasteiger partial charge in [-0.05, 0) is 44.4 Å². The number of rotatable bonds is 3. The fraction of sp³-hybridized carbons (Fsp3) is 1.00. The monoisotopic (exact) mass is 326 g/mol. The summed E-state index contributed by atoms with van der Waals surface area (Å²) in [5, 5.41) is 0. The highest BCUT2D eigenvalue weighted by molar-refractivity contribution is 5.09. The van der Waals surface area contributed by atoms with Crippen LogP contribution in [0.15, 0.2) is 0 Å². The zero-order valence-electron chi connectivity index (χ0n) is 14.7. The van der Waals surface area contributed by atoms with E-state index in [1.54, 1.807) is 0 Å². The van der Waals surface area contributed by atoms with Gasteiger partial charge in [-0.25, -0.2) is 9.78 Å². The first-order chi connectivity index (χ1) is 11.0. The van der Waals surface area contributed by atoms with Crippen LogP contribution >= 0.6 is 0 Å². The van der Waals surface area contributed by atoms with Crippen molar-refractivity contribution in [1.29, 1.82) is 0 Å². The number of hydrogen-bond acceptors (Lipinski definition) is 5. The molecular weight excluding hydrogens is 296 g/mol. The van der Waals surface area contributed by atoms with Crippen LogP contribution in [0.3, 0.4) is 0 Å². The topological polar surface area (TPSA) is 46.2 Å². The number of hydrogen-bond donors (Lipinski definition) is 0. The van der Waals surface area contributed by atoms with Gasteiger partial charge in [-0.1, -0.05) is 20.8 Å². The lowest BCUT2D eigenvalue weighted by Gasteiger charge is -2.60. The van der Waals surface area contributed by atoms with Gasteiger partial charge in [0.05, 0.1) is 0 Å². The summed E-state index contributed by atoms with van der Waals surface area (Å²) in [5.41, 5.74) is -0.473. The average Bonchev–Trinajstić information content (AvgIpc) is 2.76. The summed E-state index contributed by atoms with van der Waals surface area (Å²) in [5.74, 6) is 0.956. The third-order valence-electron chi connectivity index (χ3n) is 6.58. The SMILES string of the molecule is CCCOC1OC2OC3(C)CCC4C(C)CCC(C1C)C24OO3. The molecule has 132 valence electrons. The van der Waals surface area contributed by atoms with Crippen LogP contribution in [0.4, 0.5) is 0 Å². The number of ether oxygens (including phenoxy) is 3. The summed E-state index contributed by atoms with van der Waals surface area (Å²) in [6.45, 7) is 9.36. The Hall–Kier alpha value is -0.200. The molecule has 8 unspecified atom stereocenters. The van der Waals surface area contributed by atoms with E-state index >= 15 is 0 Å². The van der Waals surface area contributed by atoms with E-state index in [2.05, 4.69) is 20.8 Å². The smallest absolute Gasteiger partial charge is 0.201 e. The van der Waals surface area contributed by atoms with Crippen LogP contribution in [-0.4, -0.2) is 30.6 Å². The van der Waals surface area contributed by atoms with Crippen LogP contribution < -0.4 is 0 Å². The van der Waals surface area contributed by atoms with Gasteiger partial charge in [-0.2, -0.15) is 0 Å². The first kappa shape index (κ1) is 16.3. The van der Waals surface area contributed by atoms with Gasteiger partial charge in [0, 0.05) is 24.9 Å². The minimum absolute atomic E-state index is 0.212. The Balaban J connectivity index is 1.70. The van der Waals surface area contributed by atoms with Crippen molar-refractivity contribution in [3.63, 3.8) is 0 Å². The van der Waals surface area contributed by atoms with E-state index in [-0.39, 0.29) is 18.5 Å². The molecule has 1 aliphatic carbocycles. The maximum absolute atomic E-state index is 6.31. The Morgan fingerprint density at radius 2 is 1.91 bits per heavy atom. The predicted molar refractivity (Wildman–Crippen MR) is 83.1 cm³/mol. The summed E-state index contributed by atoms with van der Waals surface area (Å²) in [7, 11) is 0. The second-order valence-corrected chi connectivity index (χ2v) is 8.14. The van der Waals surface area contributed by atoms with Crippen LogP contribution in [0.25, 0.3) is 0 Å². The van der Waals surface area contributed by atoms with Gasteiger partial charge < -0.3 is 14.2 Å². The van der Waals surface area contributed by atoms with E-state index in [1.807, 2.05) is 6.92 Å². The van der Waals surface area contributed by atoms with Crippen molar-refractivity contribution < 1.29 is 24.0 Å². The molecule has 2 bridgehead atoms. The van der Waals surface area contributed by atoms with Gasteiger partial charge in [-0.3, -0.25) is 0 Å². The zero-order chi connectivity index (χ0) is 16.2. The Kier molecular flexibility index (Phi) is 4.01. The van der Waals surface area contributed by atoms with Crippen molar-refractivity contribution >= 4 is 0 Å². The Morgan fingerprint density at radius 3 is 2.70 bits per heavy atom. The van der Waals surface area contributed by atoms with E-state index in [1.165, 1.54) is 6.42 Å². The normalized spacial score (nSPS) is 55.3. The second-order valence-electron chi connectivity index (χ2n) is 8.14. The predicted octanol–water partition coefficient (Wildman–Crippen LogP) is 3.62. The maximum Gasteiger partial charge on any atom is 0.201 e. The van der Waals surface area contributed by atoms with Crippen molar-refractivity contribution in [3.8, 4) is 0 Å². The van der Waals surface area contributed by atoms with Gasteiger partial charge in [0.1, 0.15) is 0 Å². The number of fused-ring (bicyclic) bond motifs is 2. The van der Waals surface area contributed by atoms with Crippen molar-refractivity contribution in [2.45, 2.75) is 83.8 Å². The summed E-state index contributed by atoms with van der Waals surface area (Å²) in [4.78, 5) is 11.9. The fourth-order valence-corrected chi connectivity index (χ4v) is 5.30. The van der Waals surface area contributed by atoms with Crippen LogP contribution in [0.1, 0.15) is 59.8 Å². The highest BCUT2D eigenvalue weighted by Gasteiger charge is 2.69. The molecule has 1 spiro atoms. The molecule has 23 heavy (non-hydrogen) atoms. The van der Waals surface area contributed by atoms with E-state index < -0.39 is 11.4 Å². The summed E-state index contributed by atoms with van der Waals surface area (Å²) < 4.78 is 18.6. The Labute approximate surface area is 138 Å². The third kappa shape index (κ3) is 2.31. The lowest BCUT2D eigenvalue weighted by Crippen LogP contribution is -2.70. The summed E-state index contributed by atoms with van der Waals surface area (Å²) in [6, 6.07) is 0. The molecule has 0 aromatic carbocycles. The molecule has 4 aliphatic heterocycles. The fourth-order valence-electron chi connectivity index (χ4n) is 5.30. The largest absolute Gasteiger partial charge is 0.352 e. The van der Waals surface area contributed by atoms with Crippen LogP contribution in [0.5, 0.6) is 0 Å². The lowest BCUT2D eigenvalue weighted by molar-refractivity contribution is -0.577. The molecule has 0 radical (unpaired) electrons. The molecule has 5 heteroatoms. The molecule has 0 amide bonds. The van der Waals surface area contributed by atoms with E-state index in [0.717, 1.165) is 32.3 Å². The van der Waals surface area contributed by atoms with Gasteiger partial charge >= 0.3 is 0 Å². The molecular formula is C18H30O5. The van der Waals surface area contributed by atoms with Gasteiger partial charge in [0.2, 0.25) is 5.79 Å². The van der Waals surface area contributed by atoms with Crippen molar-refractivity contribution in [1.82, 2.24) is 0 Å². The summed E-state index contributed by atoms with van der Waals surface area (Å²) in [6.07, 6.45) is 4.66. The highest BCUT2D eigenvalue weighted by Crippen LogP contribution is 2.60. The van der Waals surface area contributed by atoms with Crippen molar-refractivity contribution in [2.75, 3.05) is 6.61 Å². The van der Waals surface area contributed by atoms with Crippen LogP contribution in [0.2, 0.25) is 0 Å². The molecule has 4 heterocycles. The van der Waals surface area contributed by atoms with Crippen molar-refractivity contribution in [2.24, 2.45) is 23.7 Å². The van der Waals surface area contributed by atoms with Gasteiger partial charge in [0.25, 0.3) is 0 Å². The Morgan fingerprint density at radius 1 is 1.09 bits per heavy atom. The van der Waals surface area contributed by atoms with Crippen LogP contribution in [0, 0.1) is 23.7 Å². The average molecular weight is 326 g/mol. The molecule has 0 aromatic heterocycles. The van der Waals surface area contributed by atoms with E-state index in [9.17, 15) is 0 Å². The summed E-state index contributed by atoms with van der Waals surface area (Å²) >= 11 is 0. The molecule has 5 aliphatic rings. The lowest BCUT2D eigenvalue weighted by atomic mass is 9.58. The first-order valence-electron chi connectivity index (χ1n) is 9.32. The maximum atomic E-state index is 6.31. The molecule has 5 fully saturated rings. The quantitative estimate of drug-likeness (QED) is 0.741.